The van der Waals surface area contributed by atoms with Crippen molar-refractivity contribution in [2.75, 3.05) is 0 Å². The summed E-state index contributed by atoms with van der Waals surface area (Å²) in [6.07, 6.45) is 1.69. The zero-order valence-corrected chi connectivity index (χ0v) is 10.1. The second-order valence-corrected chi connectivity index (χ2v) is 4.15. The number of nitrogens with two attached hydrogens (primary N) is 1. The molecule has 0 unspecified atom stereocenters. The van der Waals surface area contributed by atoms with Gasteiger partial charge in [0.15, 0.2) is 0 Å². The first-order valence-corrected chi connectivity index (χ1v) is 5.87. The van der Waals surface area contributed by atoms with E-state index in [-0.39, 0.29) is 0 Å². The normalized spacial score (nSPS) is 10.5. The second-order valence-electron chi connectivity index (χ2n) is 4.15. The molecule has 0 saturated heterocycles. The van der Waals surface area contributed by atoms with E-state index in [4.69, 9.17) is 5.73 Å². The van der Waals surface area contributed by atoms with Crippen molar-refractivity contribution in [3.63, 3.8) is 0 Å². The number of primary amides is 1. The fourth-order valence-corrected chi connectivity index (χ4v) is 2.02. The Kier molecular flexibility index (Phi) is 2.68. The number of aromatic nitrogens is 2. The van der Waals surface area contributed by atoms with Crippen molar-refractivity contribution in [3.8, 4) is 11.4 Å². The highest BCUT2D eigenvalue weighted by atomic mass is 16.1. The third-order valence-electron chi connectivity index (χ3n) is 2.91. The Bertz CT molecular complexity index is 754. The molecule has 1 aromatic carbocycles. The number of fused-ring (bicyclic) bond motifs is 1. The molecule has 0 bridgehead atoms. The molecule has 0 aliphatic rings. The van der Waals surface area contributed by atoms with Crippen LogP contribution in [0.3, 0.4) is 0 Å². The number of para-hydroxylation sites is 1. The summed E-state index contributed by atoms with van der Waals surface area (Å²) in [6, 6.07) is 14.7. The summed E-state index contributed by atoms with van der Waals surface area (Å²) in [6.45, 7) is 0. The molecule has 4 nitrogen and oxygen atoms in total. The number of pyridine rings is 2. The quantitative estimate of drug-likeness (QED) is 0.758. The monoisotopic (exact) mass is 249 g/mol. The van der Waals surface area contributed by atoms with E-state index >= 15 is 0 Å². The van der Waals surface area contributed by atoms with Crippen LogP contribution in [0.25, 0.3) is 22.3 Å². The summed E-state index contributed by atoms with van der Waals surface area (Å²) >= 11 is 0. The second kappa shape index (κ2) is 4.49. The summed E-state index contributed by atoms with van der Waals surface area (Å²) in [4.78, 5) is 20.3. The summed E-state index contributed by atoms with van der Waals surface area (Å²) in [5, 5.41) is 0.759. The lowest BCUT2D eigenvalue weighted by molar-refractivity contribution is 0.100. The minimum atomic E-state index is -0.462. The number of nitrogens with zero attached hydrogens (tertiary/aromatic N) is 2. The molecule has 92 valence electrons. The molecule has 0 radical (unpaired) electrons. The summed E-state index contributed by atoms with van der Waals surface area (Å²) in [5.74, 6) is -0.462. The minimum absolute atomic E-state index is 0.462. The van der Waals surface area contributed by atoms with Gasteiger partial charge in [0.05, 0.1) is 22.5 Å². The predicted molar refractivity (Wildman–Crippen MR) is 73.5 cm³/mol. The van der Waals surface area contributed by atoms with Gasteiger partial charge in [0.25, 0.3) is 0 Å². The van der Waals surface area contributed by atoms with Crippen molar-refractivity contribution in [3.05, 3.63) is 60.3 Å². The van der Waals surface area contributed by atoms with E-state index in [0.29, 0.717) is 11.3 Å². The van der Waals surface area contributed by atoms with Crippen molar-refractivity contribution in [1.29, 1.82) is 0 Å². The lowest BCUT2D eigenvalue weighted by atomic mass is 10.1. The van der Waals surface area contributed by atoms with Gasteiger partial charge in [0, 0.05) is 11.6 Å². The number of amides is 1. The van der Waals surface area contributed by atoms with Gasteiger partial charge in [-0.15, -0.1) is 0 Å². The molecule has 0 aliphatic heterocycles. The van der Waals surface area contributed by atoms with Crippen LogP contribution in [0.1, 0.15) is 10.4 Å². The Morgan fingerprint density at radius 3 is 2.53 bits per heavy atom. The first kappa shape index (κ1) is 11.3. The van der Waals surface area contributed by atoms with Crippen LogP contribution >= 0.6 is 0 Å². The lowest BCUT2D eigenvalue weighted by Gasteiger charge is -2.06. The molecule has 1 amide bonds. The predicted octanol–water partition coefficient (Wildman–Crippen LogP) is 2.40. The van der Waals surface area contributed by atoms with Crippen LogP contribution in [0.15, 0.2) is 54.7 Å². The summed E-state index contributed by atoms with van der Waals surface area (Å²) < 4.78 is 0. The zero-order chi connectivity index (χ0) is 13.2. The maximum atomic E-state index is 11.6. The van der Waals surface area contributed by atoms with Gasteiger partial charge in [0.2, 0.25) is 5.91 Å². The van der Waals surface area contributed by atoms with Crippen LogP contribution in [-0.2, 0) is 0 Å². The number of benzene rings is 1. The van der Waals surface area contributed by atoms with Gasteiger partial charge in [-0.25, -0.2) is 4.98 Å². The molecule has 2 heterocycles. The van der Waals surface area contributed by atoms with Crippen LogP contribution in [0.4, 0.5) is 0 Å². The molecule has 3 aromatic rings. The zero-order valence-electron chi connectivity index (χ0n) is 10.1. The molecule has 19 heavy (non-hydrogen) atoms. The number of carbonyl (C=O) groups is 1. The molecular formula is C15H11N3O. The van der Waals surface area contributed by atoms with Crippen molar-refractivity contribution >= 4 is 16.8 Å². The van der Waals surface area contributed by atoms with E-state index < -0.39 is 5.91 Å². The van der Waals surface area contributed by atoms with E-state index in [1.165, 1.54) is 0 Å². The number of rotatable bonds is 2. The van der Waals surface area contributed by atoms with Gasteiger partial charge in [-0.2, -0.15) is 0 Å². The highest BCUT2D eigenvalue weighted by Crippen LogP contribution is 2.23. The molecule has 4 heteroatoms. The first-order chi connectivity index (χ1) is 9.25. The third kappa shape index (κ3) is 2.04. The number of hydrogen-bond donors (Lipinski definition) is 1. The molecular weight excluding hydrogens is 238 g/mol. The Morgan fingerprint density at radius 1 is 1.00 bits per heavy atom. The van der Waals surface area contributed by atoms with E-state index in [0.717, 1.165) is 16.6 Å². The maximum Gasteiger partial charge on any atom is 0.249 e. The Morgan fingerprint density at radius 2 is 1.79 bits per heavy atom. The largest absolute Gasteiger partial charge is 0.366 e. The molecule has 0 saturated carbocycles. The molecule has 2 N–H and O–H groups in total. The SMILES string of the molecule is NC(=O)c1cc(-c2ccccn2)nc2ccccc12. The highest BCUT2D eigenvalue weighted by molar-refractivity contribution is 6.06. The van der Waals surface area contributed by atoms with Crippen LogP contribution < -0.4 is 5.73 Å². The lowest BCUT2D eigenvalue weighted by Crippen LogP contribution is -2.12. The number of carbonyl (C=O) groups excluding carboxylic acids is 1. The number of hydrogen-bond acceptors (Lipinski definition) is 3. The van der Waals surface area contributed by atoms with Crippen molar-refractivity contribution < 1.29 is 4.79 Å². The Labute approximate surface area is 109 Å². The first-order valence-electron chi connectivity index (χ1n) is 5.87. The molecule has 0 spiro atoms. The maximum absolute atomic E-state index is 11.6. The fourth-order valence-electron chi connectivity index (χ4n) is 2.02. The van der Waals surface area contributed by atoms with Crippen LogP contribution in [-0.4, -0.2) is 15.9 Å². The molecule has 0 aliphatic carbocycles. The van der Waals surface area contributed by atoms with Gasteiger partial charge < -0.3 is 5.73 Å². The van der Waals surface area contributed by atoms with Crippen molar-refractivity contribution in [2.24, 2.45) is 5.73 Å². The standard InChI is InChI=1S/C15H11N3O/c16-15(19)11-9-14(13-7-3-4-8-17-13)18-12-6-2-1-5-10(11)12/h1-9H,(H2,16,19). The van der Waals surface area contributed by atoms with Crippen LogP contribution in [0.2, 0.25) is 0 Å². The van der Waals surface area contributed by atoms with Gasteiger partial charge in [-0.3, -0.25) is 9.78 Å². The average Bonchev–Trinajstić information content (AvgIpc) is 2.47. The van der Waals surface area contributed by atoms with Gasteiger partial charge in [-0.1, -0.05) is 24.3 Å². The smallest absolute Gasteiger partial charge is 0.249 e. The van der Waals surface area contributed by atoms with Gasteiger partial charge in [-0.05, 0) is 24.3 Å². The molecule has 2 aromatic heterocycles. The Hall–Kier alpha value is -2.75. The average molecular weight is 249 g/mol. The van der Waals surface area contributed by atoms with E-state index in [2.05, 4.69) is 9.97 Å². The highest BCUT2D eigenvalue weighted by Gasteiger charge is 2.11. The van der Waals surface area contributed by atoms with Crippen LogP contribution in [0.5, 0.6) is 0 Å². The summed E-state index contributed by atoms with van der Waals surface area (Å²) in [7, 11) is 0. The molecule has 0 fully saturated rings. The van der Waals surface area contributed by atoms with E-state index in [1.807, 2.05) is 42.5 Å². The van der Waals surface area contributed by atoms with Gasteiger partial charge in [0.1, 0.15) is 0 Å². The van der Waals surface area contributed by atoms with Crippen LogP contribution in [0, 0.1) is 0 Å². The third-order valence-corrected chi connectivity index (χ3v) is 2.91. The van der Waals surface area contributed by atoms with Gasteiger partial charge >= 0.3 is 0 Å². The van der Waals surface area contributed by atoms with E-state index in [1.54, 1.807) is 12.3 Å². The van der Waals surface area contributed by atoms with Crippen molar-refractivity contribution in [2.45, 2.75) is 0 Å². The fraction of sp³-hybridized carbons (Fsp3) is 0. The van der Waals surface area contributed by atoms with Crippen molar-refractivity contribution in [1.82, 2.24) is 9.97 Å². The topological polar surface area (TPSA) is 68.9 Å². The summed E-state index contributed by atoms with van der Waals surface area (Å²) in [5.41, 5.74) is 8.00. The Balaban J connectivity index is 2.31. The van der Waals surface area contributed by atoms with E-state index in [9.17, 15) is 4.79 Å². The molecule has 0 atom stereocenters. The molecule has 3 rings (SSSR count). The minimum Gasteiger partial charge on any atom is -0.366 e.